The van der Waals surface area contributed by atoms with Gasteiger partial charge in [0.05, 0.1) is 12.1 Å². The monoisotopic (exact) mass is 210 g/mol. The molecule has 1 fully saturated rings. The molecule has 0 bridgehead atoms. The second-order valence-electron chi connectivity index (χ2n) is 3.50. The SMILES string of the molecule is C[C@@H]1C[P@@](=O)(c2ccccc2)OC1=O. The van der Waals surface area contributed by atoms with Gasteiger partial charge in [-0.1, -0.05) is 25.1 Å². The molecule has 0 aliphatic carbocycles. The van der Waals surface area contributed by atoms with E-state index < -0.39 is 7.37 Å². The number of hydrogen-bond acceptors (Lipinski definition) is 3. The minimum absolute atomic E-state index is 0.249. The fourth-order valence-electron chi connectivity index (χ4n) is 1.52. The normalized spacial score (nSPS) is 31.5. The predicted octanol–water partition coefficient (Wildman–Crippen LogP) is 1.78. The smallest absolute Gasteiger partial charge is 0.314 e. The maximum absolute atomic E-state index is 12.2. The van der Waals surface area contributed by atoms with E-state index in [0.717, 1.165) is 0 Å². The van der Waals surface area contributed by atoms with Gasteiger partial charge in [-0.2, -0.15) is 0 Å². The Kier molecular flexibility index (Phi) is 2.20. The average Bonchev–Trinajstić information content (AvgIpc) is 2.44. The van der Waals surface area contributed by atoms with Crippen LogP contribution in [0, 0.1) is 5.92 Å². The third-order valence-corrected chi connectivity index (χ3v) is 4.89. The van der Waals surface area contributed by atoms with Crippen LogP contribution >= 0.6 is 7.37 Å². The van der Waals surface area contributed by atoms with Crippen molar-refractivity contribution in [2.45, 2.75) is 6.92 Å². The van der Waals surface area contributed by atoms with Crippen LogP contribution in [-0.2, 0) is 13.9 Å². The molecule has 14 heavy (non-hydrogen) atoms. The Balaban J connectivity index is 2.37. The maximum atomic E-state index is 12.2. The first-order valence-corrected chi connectivity index (χ1v) is 6.31. The predicted molar refractivity (Wildman–Crippen MR) is 53.8 cm³/mol. The number of carbonyl (C=O) groups excluding carboxylic acids is 1. The van der Waals surface area contributed by atoms with Crippen LogP contribution < -0.4 is 5.30 Å². The topological polar surface area (TPSA) is 43.4 Å². The first-order valence-electron chi connectivity index (χ1n) is 4.50. The molecule has 1 aromatic carbocycles. The third-order valence-electron chi connectivity index (χ3n) is 2.30. The van der Waals surface area contributed by atoms with E-state index in [0.29, 0.717) is 11.5 Å². The molecule has 0 N–H and O–H groups in total. The second-order valence-corrected chi connectivity index (χ2v) is 5.91. The molecule has 1 aliphatic rings. The van der Waals surface area contributed by atoms with E-state index in [2.05, 4.69) is 0 Å². The molecule has 0 unspecified atom stereocenters. The van der Waals surface area contributed by atoms with Crippen molar-refractivity contribution >= 4 is 18.6 Å². The molecule has 1 saturated heterocycles. The zero-order valence-electron chi connectivity index (χ0n) is 7.84. The van der Waals surface area contributed by atoms with E-state index in [4.69, 9.17) is 4.52 Å². The summed E-state index contributed by atoms with van der Waals surface area (Å²) in [7, 11) is -2.88. The first kappa shape index (κ1) is 9.47. The van der Waals surface area contributed by atoms with Crippen molar-refractivity contribution in [3.05, 3.63) is 30.3 Å². The highest BCUT2D eigenvalue weighted by Gasteiger charge is 2.41. The van der Waals surface area contributed by atoms with Gasteiger partial charge >= 0.3 is 5.97 Å². The Morgan fingerprint density at radius 1 is 1.36 bits per heavy atom. The molecular weight excluding hydrogens is 199 g/mol. The van der Waals surface area contributed by atoms with Crippen molar-refractivity contribution in [1.29, 1.82) is 0 Å². The second kappa shape index (κ2) is 3.25. The molecular formula is C10H11O3P. The molecule has 74 valence electrons. The van der Waals surface area contributed by atoms with E-state index >= 15 is 0 Å². The lowest BCUT2D eigenvalue weighted by Crippen LogP contribution is -2.05. The summed E-state index contributed by atoms with van der Waals surface area (Å²) in [6, 6.07) is 8.92. The van der Waals surface area contributed by atoms with Gasteiger partial charge in [-0.15, -0.1) is 0 Å². The van der Waals surface area contributed by atoms with Crippen LogP contribution in [0.25, 0.3) is 0 Å². The van der Waals surface area contributed by atoms with Crippen LogP contribution in [0.2, 0.25) is 0 Å². The van der Waals surface area contributed by atoms with Crippen molar-refractivity contribution in [3.8, 4) is 0 Å². The van der Waals surface area contributed by atoms with Crippen molar-refractivity contribution in [2.75, 3.05) is 6.16 Å². The van der Waals surface area contributed by atoms with E-state index in [1.807, 2.05) is 6.07 Å². The maximum Gasteiger partial charge on any atom is 0.314 e. The summed E-state index contributed by atoms with van der Waals surface area (Å²) in [6.07, 6.45) is 0.329. The van der Waals surface area contributed by atoms with Gasteiger partial charge in [0.1, 0.15) is 0 Å². The molecule has 3 nitrogen and oxygen atoms in total. The van der Waals surface area contributed by atoms with Crippen LogP contribution in [-0.4, -0.2) is 12.1 Å². The average molecular weight is 210 g/mol. The highest BCUT2D eigenvalue weighted by atomic mass is 31.2. The zero-order chi connectivity index (χ0) is 10.2. The molecule has 4 heteroatoms. The lowest BCUT2D eigenvalue weighted by atomic mass is 10.2. The lowest BCUT2D eigenvalue weighted by molar-refractivity contribution is -0.135. The lowest BCUT2D eigenvalue weighted by Gasteiger charge is -2.09. The molecule has 1 heterocycles. The molecule has 0 saturated carbocycles. The van der Waals surface area contributed by atoms with Crippen LogP contribution in [0.4, 0.5) is 0 Å². The number of hydrogen-bond donors (Lipinski definition) is 0. The largest absolute Gasteiger partial charge is 0.408 e. The Morgan fingerprint density at radius 2 is 2.00 bits per heavy atom. The highest BCUT2D eigenvalue weighted by molar-refractivity contribution is 7.67. The summed E-state index contributed by atoms with van der Waals surface area (Å²) in [6.45, 7) is 1.74. The minimum atomic E-state index is -2.88. The molecule has 0 radical (unpaired) electrons. The molecule has 1 aliphatic heterocycles. The Hall–Kier alpha value is -1.08. The molecule has 0 amide bonds. The summed E-state index contributed by atoms with van der Waals surface area (Å²) in [5.74, 6) is -0.599. The van der Waals surface area contributed by atoms with Crippen LogP contribution in [0.3, 0.4) is 0 Å². The molecule has 0 aromatic heterocycles. The van der Waals surface area contributed by atoms with Crippen molar-refractivity contribution in [3.63, 3.8) is 0 Å². The van der Waals surface area contributed by atoms with Gasteiger partial charge < -0.3 is 4.52 Å². The molecule has 1 aromatic rings. The van der Waals surface area contributed by atoms with Gasteiger partial charge in [-0.05, 0) is 12.1 Å². The van der Waals surface area contributed by atoms with Crippen LogP contribution in [0.5, 0.6) is 0 Å². The van der Waals surface area contributed by atoms with Gasteiger partial charge in [-0.25, -0.2) is 0 Å². The molecule has 2 rings (SSSR count). The first-order chi connectivity index (χ1) is 6.62. The summed E-state index contributed by atoms with van der Waals surface area (Å²) >= 11 is 0. The van der Waals surface area contributed by atoms with E-state index in [1.165, 1.54) is 0 Å². The quantitative estimate of drug-likeness (QED) is 0.663. The summed E-state index contributed by atoms with van der Waals surface area (Å²) in [4.78, 5) is 11.2. The van der Waals surface area contributed by atoms with Crippen molar-refractivity contribution in [2.24, 2.45) is 5.92 Å². The van der Waals surface area contributed by atoms with Crippen molar-refractivity contribution < 1.29 is 13.9 Å². The van der Waals surface area contributed by atoms with E-state index in [9.17, 15) is 9.36 Å². The van der Waals surface area contributed by atoms with Gasteiger partial charge in [0.25, 0.3) is 7.37 Å². The van der Waals surface area contributed by atoms with Gasteiger partial charge in [0.15, 0.2) is 0 Å². The number of carbonyl (C=O) groups is 1. The van der Waals surface area contributed by atoms with Gasteiger partial charge in [0, 0.05) is 5.30 Å². The third kappa shape index (κ3) is 1.48. The Morgan fingerprint density at radius 3 is 2.50 bits per heavy atom. The zero-order valence-corrected chi connectivity index (χ0v) is 8.74. The fraction of sp³-hybridized carbons (Fsp3) is 0.300. The molecule has 0 spiro atoms. The summed E-state index contributed by atoms with van der Waals surface area (Å²) in [5.41, 5.74) is 0. The van der Waals surface area contributed by atoms with Crippen molar-refractivity contribution in [1.82, 2.24) is 0 Å². The number of benzene rings is 1. The van der Waals surface area contributed by atoms with Crippen LogP contribution in [0.1, 0.15) is 6.92 Å². The van der Waals surface area contributed by atoms with E-state index in [-0.39, 0.29) is 11.9 Å². The van der Waals surface area contributed by atoms with Gasteiger partial charge in [-0.3, -0.25) is 9.36 Å². The summed E-state index contributed by atoms with van der Waals surface area (Å²) < 4.78 is 17.2. The molecule has 2 atom stereocenters. The number of rotatable bonds is 1. The van der Waals surface area contributed by atoms with Crippen LogP contribution in [0.15, 0.2) is 30.3 Å². The van der Waals surface area contributed by atoms with Gasteiger partial charge in [0.2, 0.25) is 0 Å². The standard InChI is InChI=1S/C10H11O3P/c1-8-7-14(12,13-10(8)11)9-5-3-2-4-6-9/h2-6,8H,7H2,1H3/t8-,14+/m1/s1. The van der Waals surface area contributed by atoms with E-state index in [1.54, 1.807) is 31.2 Å². The Labute approximate surface area is 82.5 Å². The Bertz CT molecular complexity index is 399. The minimum Gasteiger partial charge on any atom is -0.408 e. The summed E-state index contributed by atoms with van der Waals surface area (Å²) in [5, 5.41) is 0.637. The highest BCUT2D eigenvalue weighted by Crippen LogP contribution is 2.52. The fourth-order valence-corrected chi connectivity index (χ4v) is 3.88.